The fourth-order valence-corrected chi connectivity index (χ4v) is 9.65. The molecule has 8 heteroatoms. The van der Waals surface area contributed by atoms with E-state index in [2.05, 4.69) is 20.8 Å². The summed E-state index contributed by atoms with van der Waals surface area (Å²) in [6, 6.07) is 0. The molecule has 0 spiro atoms. The zero-order chi connectivity index (χ0) is 28.1. The van der Waals surface area contributed by atoms with Crippen molar-refractivity contribution in [2.75, 3.05) is 0 Å². The third kappa shape index (κ3) is 5.24. The molecule has 10 atom stereocenters. The topological polar surface area (TPSA) is 83.8 Å². The molecule has 0 amide bonds. The molecular formula is C30H47F3O5. The van der Waals surface area contributed by atoms with Crippen LogP contribution in [0.25, 0.3) is 0 Å². The van der Waals surface area contributed by atoms with Crippen molar-refractivity contribution in [3.8, 4) is 0 Å². The summed E-state index contributed by atoms with van der Waals surface area (Å²) in [6.07, 6.45) is 2.58. The van der Waals surface area contributed by atoms with E-state index in [1.807, 2.05) is 6.92 Å². The maximum Gasteiger partial charge on any atom is 0.417 e. The summed E-state index contributed by atoms with van der Waals surface area (Å²) < 4.78 is 46.7. The Kier molecular flexibility index (Phi) is 8.27. The molecule has 0 heterocycles. The van der Waals surface area contributed by atoms with Gasteiger partial charge < -0.3 is 14.9 Å². The number of aliphatic hydroxyl groups is 1. The van der Waals surface area contributed by atoms with Crippen LogP contribution in [0.2, 0.25) is 0 Å². The SMILES string of the molecule is C[C@@H]([C@H]1CC[C@H]2[C@@H]3CC[C@@H]4C[C@@](O)(C(F)(F)F)CC[C@]4(C)[C@H]3CC[C@]12C)[C@@H](C)OC(=O)CCCCC(=O)O. The Labute approximate surface area is 225 Å². The van der Waals surface area contributed by atoms with Gasteiger partial charge in [-0.15, -0.1) is 0 Å². The molecule has 0 bridgehead atoms. The first kappa shape index (κ1) is 29.7. The Morgan fingerprint density at radius 2 is 1.58 bits per heavy atom. The van der Waals surface area contributed by atoms with Gasteiger partial charge in [0.1, 0.15) is 6.10 Å². The molecule has 0 aromatic carbocycles. The van der Waals surface area contributed by atoms with Gasteiger partial charge in [-0.3, -0.25) is 9.59 Å². The number of carboxylic acids is 1. The van der Waals surface area contributed by atoms with Crippen LogP contribution >= 0.6 is 0 Å². The van der Waals surface area contributed by atoms with Crippen LogP contribution in [0, 0.1) is 46.3 Å². The summed E-state index contributed by atoms with van der Waals surface area (Å²) in [4.78, 5) is 23.1. The van der Waals surface area contributed by atoms with E-state index in [1.165, 1.54) is 0 Å². The van der Waals surface area contributed by atoms with Crippen LogP contribution in [0.4, 0.5) is 13.2 Å². The van der Waals surface area contributed by atoms with E-state index in [0.29, 0.717) is 42.9 Å². The van der Waals surface area contributed by atoms with Crippen LogP contribution in [0.3, 0.4) is 0 Å². The predicted molar refractivity (Wildman–Crippen MR) is 137 cm³/mol. The summed E-state index contributed by atoms with van der Waals surface area (Å²) in [5.41, 5.74) is -2.55. The van der Waals surface area contributed by atoms with Crippen molar-refractivity contribution in [3.63, 3.8) is 0 Å². The molecule has 2 N–H and O–H groups in total. The Morgan fingerprint density at radius 1 is 0.921 bits per heavy atom. The second kappa shape index (κ2) is 10.6. The van der Waals surface area contributed by atoms with Crippen molar-refractivity contribution in [2.45, 2.75) is 129 Å². The highest BCUT2D eigenvalue weighted by molar-refractivity contribution is 5.70. The van der Waals surface area contributed by atoms with Gasteiger partial charge >= 0.3 is 18.1 Å². The molecule has 4 aliphatic rings. The Morgan fingerprint density at radius 3 is 2.24 bits per heavy atom. The number of carboxylic acid groups (broad SMARTS) is 1. The average molecular weight is 545 g/mol. The lowest BCUT2D eigenvalue weighted by atomic mass is 9.43. The number of alkyl halides is 3. The maximum absolute atomic E-state index is 13.6. The number of halogens is 3. The summed E-state index contributed by atoms with van der Waals surface area (Å²) in [5.74, 6) is 0.883. The number of ether oxygens (including phenoxy) is 1. The molecule has 4 saturated carbocycles. The quantitative estimate of drug-likeness (QED) is 0.250. The van der Waals surface area contributed by atoms with Gasteiger partial charge in [0.25, 0.3) is 0 Å². The number of esters is 1. The van der Waals surface area contributed by atoms with Gasteiger partial charge in [-0.1, -0.05) is 20.8 Å². The van der Waals surface area contributed by atoms with Crippen molar-refractivity contribution in [2.24, 2.45) is 46.3 Å². The summed E-state index contributed by atoms with van der Waals surface area (Å²) in [6.45, 7) is 8.77. The Bertz CT molecular complexity index is 892. The molecule has 38 heavy (non-hydrogen) atoms. The number of hydrogen-bond acceptors (Lipinski definition) is 4. The van der Waals surface area contributed by atoms with Crippen molar-refractivity contribution in [1.82, 2.24) is 0 Å². The van der Waals surface area contributed by atoms with Crippen molar-refractivity contribution >= 4 is 11.9 Å². The number of unbranched alkanes of at least 4 members (excludes halogenated alkanes) is 1. The van der Waals surface area contributed by atoms with Crippen molar-refractivity contribution < 1.29 is 37.7 Å². The first-order chi connectivity index (χ1) is 17.6. The van der Waals surface area contributed by atoms with E-state index in [4.69, 9.17) is 9.84 Å². The number of carbonyl (C=O) groups is 2. The zero-order valence-corrected chi connectivity index (χ0v) is 23.5. The smallest absolute Gasteiger partial charge is 0.417 e. The van der Waals surface area contributed by atoms with Gasteiger partial charge in [0, 0.05) is 12.8 Å². The average Bonchev–Trinajstić information content (AvgIpc) is 3.18. The minimum absolute atomic E-state index is 0.0617. The lowest BCUT2D eigenvalue weighted by Gasteiger charge is -2.62. The van der Waals surface area contributed by atoms with Crippen LogP contribution in [0.15, 0.2) is 0 Å². The molecule has 0 radical (unpaired) electrons. The molecule has 4 fully saturated rings. The second-order valence-electron chi connectivity index (χ2n) is 13.8. The molecule has 4 aliphatic carbocycles. The molecule has 0 unspecified atom stereocenters. The van der Waals surface area contributed by atoms with E-state index >= 15 is 0 Å². The molecule has 0 aromatic rings. The zero-order valence-electron chi connectivity index (χ0n) is 23.5. The van der Waals surface area contributed by atoms with Crippen LogP contribution in [-0.4, -0.2) is 40.0 Å². The van der Waals surface area contributed by atoms with Gasteiger partial charge in [0.05, 0.1) is 0 Å². The Balaban J connectivity index is 1.39. The fraction of sp³-hybridized carbons (Fsp3) is 0.933. The second-order valence-corrected chi connectivity index (χ2v) is 13.8. The molecular weight excluding hydrogens is 497 g/mol. The fourth-order valence-electron chi connectivity index (χ4n) is 9.65. The lowest BCUT2D eigenvalue weighted by molar-refractivity contribution is -0.290. The minimum Gasteiger partial charge on any atom is -0.481 e. The molecule has 5 nitrogen and oxygen atoms in total. The maximum atomic E-state index is 13.6. The molecule has 0 aromatic heterocycles. The van der Waals surface area contributed by atoms with E-state index in [-0.39, 0.29) is 60.4 Å². The first-order valence-corrected chi connectivity index (χ1v) is 14.8. The van der Waals surface area contributed by atoms with Gasteiger partial charge in [0.2, 0.25) is 0 Å². The molecule has 0 saturated heterocycles. The predicted octanol–water partition coefficient (Wildman–Crippen LogP) is 7.15. The van der Waals surface area contributed by atoms with E-state index in [1.54, 1.807) is 0 Å². The third-order valence-electron chi connectivity index (χ3n) is 12.0. The normalized spacial score (nSPS) is 42.4. The number of carbonyl (C=O) groups excluding carboxylic acids is 1. The van der Waals surface area contributed by atoms with E-state index in [9.17, 15) is 27.9 Å². The summed E-state index contributed by atoms with van der Waals surface area (Å²) in [7, 11) is 0. The van der Waals surface area contributed by atoms with Gasteiger partial charge in [0.15, 0.2) is 5.60 Å². The molecule has 218 valence electrons. The monoisotopic (exact) mass is 544 g/mol. The van der Waals surface area contributed by atoms with Crippen LogP contribution in [0.5, 0.6) is 0 Å². The highest BCUT2D eigenvalue weighted by atomic mass is 19.4. The first-order valence-electron chi connectivity index (χ1n) is 14.8. The van der Waals surface area contributed by atoms with Crippen LogP contribution in [-0.2, 0) is 14.3 Å². The Hall–Kier alpha value is -1.31. The number of fused-ring (bicyclic) bond motifs is 5. The van der Waals surface area contributed by atoms with E-state index in [0.717, 1.165) is 38.5 Å². The highest BCUT2D eigenvalue weighted by Gasteiger charge is 2.65. The van der Waals surface area contributed by atoms with Crippen molar-refractivity contribution in [3.05, 3.63) is 0 Å². The van der Waals surface area contributed by atoms with Gasteiger partial charge in [-0.25, -0.2) is 0 Å². The summed E-state index contributed by atoms with van der Waals surface area (Å²) >= 11 is 0. The largest absolute Gasteiger partial charge is 0.481 e. The third-order valence-corrected chi connectivity index (χ3v) is 12.0. The van der Waals surface area contributed by atoms with Gasteiger partial charge in [-0.2, -0.15) is 13.2 Å². The standard InChI is InChI=1S/C30H47F3O5/c1-18(19(2)38-26(36)8-6-5-7-25(34)35)22-11-12-23-21-10-9-20-17-29(37,30(31,32)33)16-15-27(20,3)24(21)13-14-28(22,23)4/h18-24,37H,5-17H2,1-4H3,(H,34,35)/t18-,19-,20-,21+,22-,23+,24+,27+,28-,29-/m1/s1. The highest BCUT2D eigenvalue weighted by Crippen LogP contribution is 2.69. The van der Waals surface area contributed by atoms with Crippen LogP contribution < -0.4 is 0 Å². The van der Waals surface area contributed by atoms with Crippen molar-refractivity contribution in [1.29, 1.82) is 0 Å². The number of rotatable bonds is 8. The summed E-state index contributed by atoms with van der Waals surface area (Å²) in [5, 5.41) is 19.2. The van der Waals surface area contributed by atoms with Crippen LogP contribution in [0.1, 0.15) is 111 Å². The number of aliphatic carboxylic acids is 1. The molecule has 4 rings (SSSR count). The van der Waals surface area contributed by atoms with Gasteiger partial charge in [-0.05, 0) is 124 Å². The minimum atomic E-state index is -4.57. The van der Waals surface area contributed by atoms with E-state index < -0.39 is 17.7 Å². The number of hydrogen-bond donors (Lipinski definition) is 2. The molecule has 0 aliphatic heterocycles. The lowest BCUT2D eigenvalue weighted by Crippen LogP contribution is -2.59.